The summed E-state index contributed by atoms with van der Waals surface area (Å²) in [7, 11) is 0. The molecular weight excluding hydrogens is 224 g/mol. The molecule has 1 rings (SSSR count). The first kappa shape index (κ1) is 13.6. The van der Waals surface area contributed by atoms with Gasteiger partial charge in [0.15, 0.2) is 5.34 Å². The van der Waals surface area contributed by atoms with Gasteiger partial charge in [0.2, 0.25) is 6.23 Å². The maximum absolute atomic E-state index is 12.0. The maximum atomic E-state index is 12.0. The fourth-order valence-electron chi connectivity index (χ4n) is 1.26. The van der Waals surface area contributed by atoms with E-state index in [1.54, 1.807) is 45.0 Å². The van der Waals surface area contributed by atoms with Crippen LogP contribution in [0.5, 0.6) is 0 Å². The molecule has 1 radical (unpaired) electrons. The highest BCUT2D eigenvalue weighted by Gasteiger charge is 2.32. The second-order valence-corrected chi connectivity index (χ2v) is 4.50. The fraction of sp³-hybridized carbons (Fsp3) is 0.455. The van der Waals surface area contributed by atoms with Gasteiger partial charge in [-0.1, -0.05) is 30.3 Å². The highest BCUT2D eigenvalue weighted by molar-refractivity contribution is 5.17. The number of hydrogen-bond donors (Lipinski definition) is 0. The molecule has 0 aliphatic carbocycles. The third-order valence-electron chi connectivity index (χ3n) is 2.12. The van der Waals surface area contributed by atoms with Crippen LogP contribution in [0, 0.1) is 4.91 Å². The van der Waals surface area contributed by atoms with Crippen molar-refractivity contribution < 1.29 is 15.1 Å². The van der Waals surface area contributed by atoms with Crippen molar-refractivity contribution in [1.29, 1.82) is 0 Å². The number of hydrogen-bond acceptors (Lipinski definition) is 5. The normalized spacial score (nSPS) is 13.5. The minimum absolute atomic E-state index is 0.584. The summed E-state index contributed by atoms with van der Waals surface area (Å²) in [4.78, 5) is 18.6. The first-order valence-corrected chi connectivity index (χ1v) is 5.13. The molecule has 0 aliphatic rings. The second-order valence-electron chi connectivity index (χ2n) is 4.50. The summed E-state index contributed by atoms with van der Waals surface area (Å²) in [6.07, 6.45) is -1.03. The molecule has 6 heteroatoms. The first-order chi connectivity index (χ1) is 7.96. The SMILES string of the molecule is CC(C)(C)N([O])C(OON=O)c1ccccc1. The monoisotopic (exact) mass is 239 g/mol. The van der Waals surface area contributed by atoms with E-state index in [1.165, 1.54) is 0 Å². The average Bonchev–Trinajstić information content (AvgIpc) is 2.29. The van der Waals surface area contributed by atoms with Crippen LogP contribution >= 0.6 is 0 Å². The molecule has 1 aromatic carbocycles. The molecule has 6 nitrogen and oxygen atoms in total. The smallest absolute Gasteiger partial charge is 0.179 e. The van der Waals surface area contributed by atoms with Crippen molar-refractivity contribution in [3.63, 3.8) is 0 Å². The van der Waals surface area contributed by atoms with Crippen LogP contribution in [0.1, 0.15) is 32.6 Å². The van der Waals surface area contributed by atoms with E-state index >= 15 is 0 Å². The highest BCUT2D eigenvalue weighted by atomic mass is 17.3. The van der Waals surface area contributed by atoms with Crippen LogP contribution in [-0.2, 0) is 15.1 Å². The molecule has 1 atom stereocenters. The van der Waals surface area contributed by atoms with Gasteiger partial charge in [-0.15, -0.1) is 20.1 Å². The molecule has 0 saturated carbocycles. The molecule has 0 bridgehead atoms. The third-order valence-corrected chi connectivity index (χ3v) is 2.12. The number of hydroxylamine groups is 2. The zero-order valence-corrected chi connectivity index (χ0v) is 9.99. The summed E-state index contributed by atoms with van der Waals surface area (Å²) < 4.78 is 0. The number of benzene rings is 1. The van der Waals surface area contributed by atoms with Gasteiger partial charge < -0.3 is 0 Å². The summed E-state index contributed by atoms with van der Waals surface area (Å²) in [5.74, 6) is 0. The molecule has 0 aliphatic heterocycles. The van der Waals surface area contributed by atoms with Crippen molar-refractivity contribution in [3.05, 3.63) is 40.8 Å². The topological polar surface area (TPSA) is 71.0 Å². The molecule has 0 spiro atoms. The Hall–Kier alpha value is -1.50. The summed E-state index contributed by atoms with van der Waals surface area (Å²) in [6.45, 7) is 5.19. The molecule has 17 heavy (non-hydrogen) atoms. The van der Waals surface area contributed by atoms with Gasteiger partial charge in [-0.3, -0.25) is 0 Å². The predicted molar refractivity (Wildman–Crippen MR) is 59.4 cm³/mol. The van der Waals surface area contributed by atoms with Gasteiger partial charge in [0.1, 0.15) is 0 Å². The summed E-state index contributed by atoms with van der Waals surface area (Å²) in [5, 5.41) is 14.9. The largest absolute Gasteiger partial charge is 0.211 e. The van der Waals surface area contributed by atoms with E-state index < -0.39 is 11.8 Å². The van der Waals surface area contributed by atoms with Crippen LogP contribution in [0.4, 0.5) is 0 Å². The standard InChI is InChI=1S/C11H15N2O4/c1-11(2,3)13(15)10(16-17-12-14)9-7-5-4-6-8-9/h4-8,10H,1-3H3. The Morgan fingerprint density at radius 1 is 1.24 bits per heavy atom. The van der Waals surface area contributed by atoms with Crippen molar-refractivity contribution in [2.24, 2.45) is 5.34 Å². The lowest BCUT2D eigenvalue weighted by atomic mass is 10.1. The molecule has 0 fully saturated rings. The summed E-state index contributed by atoms with van der Waals surface area (Å²) in [6, 6.07) is 8.74. The van der Waals surface area contributed by atoms with Crippen molar-refractivity contribution in [3.8, 4) is 0 Å². The molecule has 93 valence electrons. The van der Waals surface area contributed by atoms with Gasteiger partial charge in [0.25, 0.3) is 0 Å². The number of rotatable bonds is 5. The molecular formula is C11H15N2O4. The Morgan fingerprint density at radius 2 is 1.82 bits per heavy atom. The minimum atomic E-state index is -1.03. The Labute approximate surface area is 99.6 Å². The lowest BCUT2D eigenvalue weighted by Crippen LogP contribution is -2.41. The highest BCUT2D eigenvalue weighted by Crippen LogP contribution is 2.27. The average molecular weight is 239 g/mol. The van der Waals surface area contributed by atoms with Gasteiger partial charge in [-0.25, -0.2) is 0 Å². The second kappa shape index (κ2) is 5.72. The van der Waals surface area contributed by atoms with Gasteiger partial charge in [-0.2, -0.15) is 4.99 Å². The lowest BCUT2D eigenvalue weighted by Gasteiger charge is -2.31. The number of nitrogens with zero attached hydrogens (tertiary/aromatic N) is 2. The van der Waals surface area contributed by atoms with Crippen LogP contribution in [0.15, 0.2) is 35.7 Å². The zero-order chi connectivity index (χ0) is 12.9. The van der Waals surface area contributed by atoms with Gasteiger partial charge in [-0.05, 0) is 20.8 Å². The summed E-state index contributed by atoms with van der Waals surface area (Å²) >= 11 is 0. The molecule has 0 N–H and O–H groups in total. The van der Waals surface area contributed by atoms with Gasteiger partial charge in [0.05, 0.1) is 0 Å². The maximum Gasteiger partial charge on any atom is 0.211 e. The minimum Gasteiger partial charge on any atom is -0.179 e. The van der Waals surface area contributed by atoms with E-state index in [2.05, 4.69) is 10.3 Å². The quantitative estimate of drug-likeness (QED) is 0.343. The van der Waals surface area contributed by atoms with Crippen LogP contribution in [0.3, 0.4) is 0 Å². The molecule has 1 aromatic rings. The first-order valence-electron chi connectivity index (χ1n) is 5.13. The van der Waals surface area contributed by atoms with E-state index in [4.69, 9.17) is 4.89 Å². The fourth-order valence-corrected chi connectivity index (χ4v) is 1.26. The van der Waals surface area contributed by atoms with E-state index in [1.807, 2.05) is 6.07 Å². The van der Waals surface area contributed by atoms with Crippen molar-refractivity contribution in [2.45, 2.75) is 32.5 Å². The van der Waals surface area contributed by atoms with Crippen LogP contribution in [0.25, 0.3) is 0 Å². The molecule has 0 amide bonds. The Morgan fingerprint density at radius 3 is 2.29 bits per heavy atom. The van der Waals surface area contributed by atoms with Crippen LogP contribution in [-0.4, -0.2) is 10.6 Å². The predicted octanol–water partition coefficient (Wildman–Crippen LogP) is 2.76. The van der Waals surface area contributed by atoms with Crippen molar-refractivity contribution in [2.75, 3.05) is 0 Å². The molecule has 1 unspecified atom stereocenters. The summed E-state index contributed by atoms with van der Waals surface area (Å²) in [5.41, 5.74) is -0.103. The van der Waals surface area contributed by atoms with Crippen molar-refractivity contribution in [1.82, 2.24) is 5.06 Å². The van der Waals surface area contributed by atoms with Crippen LogP contribution in [0.2, 0.25) is 0 Å². The van der Waals surface area contributed by atoms with E-state index in [9.17, 15) is 10.1 Å². The van der Waals surface area contributed by atoms with Crippen molar-refractivity contribution >= 4 is 0 Å². The Bertz CT molecular complexity index is 350. The molecule has 0 aromatic heterocycles. The third kappa shape index (κ3) is 3.77. The van der Waals surface area contributed by atoms with E-state index in [0.29, 0.717) is 10.6 Å². The Kier molecular flexibility index (Phi) is 4.56. The molecule has 0 saturated heterocycles. The van der Waals surface area contributed by atoms with Crippen LogP contribution < -0.4 is 0 Å². The van der Waals surface area contributed by atoms with Gasteiger partial charge in [0, 0.05) is 11.1 Å². The zero-order valence-electron chi connectivity index (χ0n) is 9.99. The van der Waals surface area contributed by atoms with E-state index in [0.717, 1.165) is 0 Å². The van der Waals surface area contributed by atoms with Gasteiger partial charge >= 0.3 is 0 Å². The lowest BCUT2D eigenvalue weighted by molar-refractivity contribution is -0.420. The van der Waals surface area contributed by atoms with E-state index in [-0.39, 0.29) is 0 Å². The molecule has 0 heterocycles. The Balaban J connectivity index is 2.92.